The number of halogens is 2. The van der Waals surface area contributed by atoms with Crippen LogP contribution in [0.5, 0.6) is 0 Å². The number of amides is 1. The Labute approximate surface area is 128 Å². The maximum atomic E-state index is 12.1. The molecule has 19 heavy (non-hydrogen) atoms. The van der Waals surface area contributed by atoms with Crippen molar-refractivity contribution in [2.75, 3.05) is 5.32 Å². The van der Waals surface area contributed by atoms with E-state index in [0.717, 1.165) is 21.3 Å². The molecule has 2 aromatic rings. The van der Waals surface area contributed by atoms with E-state index in [1.807, 2.05) is 26.0 Å². The zero-order valence-corrected chi connectivity index (χ0v) is 13.7. The number of aromatic nitrogens is 1. The highest BCUT2D eigenvalue weighted by atomic mass is 79.9. The molecule has 1 N–H and O–H groups in total. The molecule has 2 rings (SSSR count). The summed E-state index contributed by atoms with van der Waals surface area (Å²) in [5.41, 5.74) is 3.30. The molecular formula is C14H12Br2N2O. The lowest BCUT2D eigenvalue weighted by atomic mass is 10.1. The van der Waals surface area contributed by atoms with Crippen molar-refractivity contribution in [2.45, 2.75) is 13.8 Å². The highest BCUT2D eigenvalue weighted by Gasteiger charge is 2.12. The van der Waals surface area contributed by atoms with Crippen molar-refractivity contribution in [3.8, 4) is 0 Å². The summed E-state index contributed by atoms with van der Waals surface area (Å²) >= 11 is 6.72. The summed E-state index contributed by atoms with van der Waals surface area (Å²) in [5, 5.41) is 2.88. The van der Waals surface area contributed by atoms with E-state index in [1.54, 1.807) is 18.2 Å². The molecule has 0 aliphatic heterocycles. The van der Waals surface area contributed by atoms with Crippen molar-refractivity contribution in [2.24, 2.45) is 0 Å². The van der Waals surface area contributed by atoms with Gasteiger partial charge in [0.1, 0.15) is 10.3 Å². The number of nitrogens with one attached hydrogen (secondary N) is 1. The second-order valence-electron chi connectivity index (χ2n) is 4.24. The third-order valence-electron chi connectivity index (χ3n) is 2.62. The first-order valence-electron chi connectivity index (χ1n) is 5.68. The number of pyridine rings is 1. The van der Waals surface area contributed by atoms with Crippen molar-refractivity contribution < 1.29 is 4.79 Å². The van der Waals surface area contributed by atoms with Crippen LogP contribution in [0.15, 0.2) is 39.4 Å². The van der Waals surface area contributed by atoms with E-state index < -0.39 is 0 Å². The van der Waals surface area contributed by atoms with Gasteiger partial charge in [-0.2, -0.15) is 0 Å². The largest absolute Gasteiger partial charge is 0.319 e. The van der Waals surface area contributed by atoms with E-state index >= 15 is 0 Å². The van der Waals surface area contributed by atoms with E-state index in [1.165, 1.54) is 0 Å². The van der Waals surface area contributed by atoms with Gasteiger partial charge in [-0.25, -0.2) is 4.98 Å². The number of hydrogen-bond acceptors (Lipinski definition) is 2. The van der Waals surface area contributed by atoms with Crippen LogP contribution >= 0.6 is 31.9 Å². The minimum absolute atomic E-state index is 0.228. The quantitative estimate of drug-likeness (QED) is 0.777. The maximum Gasteiger partial charge on any atom is 0.274 e. The van der Waals surface area contributed by atoms with E-state index in [-0.39, 0.29) is 5.91 Å². The van der Waals surface area contributed by atoms with Crippen molar-refractivity contribution in [1.82, 2.24) is 4.98 Å². The molecule has 1 amide bonds. The lowest BCUT2D eigenvalue weighted by Crippen LogP contribution is -2.15. The number of anilines is 1. The fourth-order valence-electron chi connectivity index (χ4n) is 1.79. The fraction of sp³-hybridized carbons (Fsp3) is 0.143. The van der Waals surface area contributed by atoms with Crippen LogP contribution < -0.4 is 5.32 Å². The van der Waals surface area contributed by atoms with Gasteiger partial charge >= 0.3 is 0 Å². The molecule has 5 heteroatoms. The number of hydrogen-bond donors (Lipinski definition) is 1. The summed E-state index contributed by atoms with van der Waals surface area (Å²) < 4.78 is 1.51. The smallest absolute Gasteiger partial charge is 0.274 e. The van der Waals surface area contributed by atoms with Gasteiger partial charge in [-0.05, 0) is 75.0 Å². The topological polar surface area (TPSA) is 42.0 Å². The van der Waals surface area contributed by atoms with E-state index in [0.29, 0.717) is 10.3 Å². The standard InChI is InChI=1S/C14H12Br2N2O/c1-8-6-9(2)13(10(15)7-8)18-14(19)11-4-3-5-12(16)17-11/h3-7H,1-2H3,(H,18,19). The van der Waals surface area contributed by atoms with Gasteiger partial charge in [0.15, 0.2) is 0 Å². The molecule has 0 fully saturated rings. The van der Waals surface area contributed by atoms with E-state index in [2.05, 4.69) is 42.2 Å². The number of carbonyl (C=O) groups excluding carboxylic acids is 1. The zero-order chi connectivity index (χ0) is 14.0. The Balaban J connectivity index is 2.29. The van der Waals surface area contributed by atoms with Gasteiger partial charge < -0.3 is 5.32 Å². The molecule has 0 spiro atoms. The Bertz CT molecular complexity index is 618. The van der Waals surface area contributed by atoms with E-state index in [9.17, 15) is 4.79 Å². The molecule has 0 radical (unpaired) electrons. The van der Waals surface area contributed by atoms with Crippen LogP contribution in [0.2, 0.25) is 0 Å². The van der Waals surface area contributed by atoms with Gasteiger partial charge in [-0.1, -0.05) is 12.1 Å². The summed E-state index contributed by atoms with van der Waals surface area (Å²) in [6, 6.07) is 9.23. The molecule has 0 aliphatic rings. The first-order valence-corrected chi connectivity index (χ1v) is 7.26. The molecular weight excluding hydrogens is 372 g/mol. The third kappa shape index (κ3) is 3.42. The number of aryl methyl sites for hydroxylation is 2. The lowest BCUT2D eigenvalue weighted by molar-refractivity contribution is 0.102. The summed E-state index contributed by atoms with van der Waals surface area (Å²) in [6.45, 7) is 3.97. The summed E-state index contributed by atoms with van der Waals surface area (Å²) in [7, 11) is 0. The van der Waals surface area contributed by atoms with E-state index in [4.69, 9.17) is 0 Å². The van der Waals surface area contributed by atoms with Crippen LogP contribution in [0.1, 0.15) is 21.6 Å². The van der Waals surface area contributed by atoms with Crippen LogP contribution in [0.3, 0.4) is 0 Å². The van der Waals surface area contributed by atoms with Crippen molar-refractivity contribution >= 4 is 43.5 Å². The fourth-order valence-corrected chi connectivity index (χ4v) is 2.90. The second kappa shape index (κ2) is 5.84. The number of nitrogens with zero attached hydrogens (tertiary/aromatic N) is 1. The second-order valence-corrected chi connectivity index (χ2v) is 5.91. The van der Waals surface area contributed by atoms with Crippen LogP contribution in [0.25, 0.3) is 0 Å². The lowest BCUT2D eigenvalue weighted by Gasteiger charge is -2.11. The Hall–Kier alpha value is -1.20. The molecule has 0 atom stereocenters. The summed E-state index contributed by atoms with van der Waals surface area (Å²) in [4.78, 5) is 16.3. The minimum atomic E-state index is -0.228. The maximum absolute atomic E-state index is 12.1. The predicted molar refractivity (Wildman–Crippen MR) is 83.5 cm³/mol. The molecule has 98 valence electrons. The molecule has 0 aliphatic carbocycles. The molecule has 0 saturated heterocycles. The predicted octanol–water partition coefficient (Wildman–Crippen LogP) is 4.48. The Kier molecular flexibility index (Phi) is 4.37. The monoisotopic (exact) mass is 382 g/mol. The first-order chi connectivity index (χ1) is 8.97. The summed E-state index contributed by atoms with van der Waals surface area (Å²) in [6.07, 6.45) is 0. The zero-order valence-electron chi connectivity index (χ0n) is 10.5. The first kappa shape index (κ1) is 14.2. The normalized spacial score (nSPS) is 10.3. The van der Waals surface area contributed by atoms with Crippen molar-refractivity contribution in [1.29, 1.82) is 0 Å². The molecule has 1 aromatic heterocycles. The molecule has 0 saturated carbocycles. The van der Waals surface area contributed by atoms with Crippen LogP contribution in [0, 0.1) is 13.8 Å². The molecule has 3 nitrogen and oxygen atoms in total. The van der Waals surface area contributed by atoms with Crippen molar-refractivity contribution in [3.05, 3.63) is 56.2 Å². The molecule has 1 heterocycles. The molecule has 1 aromatic carbocycles. The average Bonchev–Trinajstić information content (AvgIpc) is 2.33. The van der Waals surface area contributed by atoms with Gasteiger partial charge in [0.05, 0.1) is 5.69 Å². The number of rotatable bonds is 2. The van der Waals surface area contributed by atoms with Gasteiger partial charge in [0.25, 0.3) is 5.91 Å². The summed E-state index contributed by atoms with van der Waals surface area (Å²) in [5.74, 6) is -0.228. The highest BCUT2D eigenvalue weighted by molar-refractivity contribution is 9.10. The highest BCUT2D eigenvalue weighted by Crippen LogP contribution is 2.28. The Morgan fingerprint density at radius 2 is 1.95 bits per heavy atom. The van der Waals surface area contributed by atoms with Gasteiger partial charge in [-0.15, -0.1) is 0 Å². The SMILES string of the molecule is Cc1cc(C)c(NC(=O)c2cccc(Br)n2)c(Br)c1. The molecule has 0 unspecified atom stereocenters. The van der Waals surface area contributed by atoms with Gasteiger partial charge in [-0.3, -0.25) is 4.79 Å². The number of benzene rings is 1. The van der Waals surface area contributed by atoms with Crippen LogP contribution in [-0.4, -0.2) is 10.9 Å². The Morgan fingerprint density at radius 1 is 1.21 bits per heavy atom. The van der Waals surface area contributed by atoms with Gasteiger partial charge in [0, 0.05) is 4.47 Å². The van der Waals surface area contributed by atoms with Crippen LogP contribution in [-0.2, 0) is 0 Å². The Morgan fingerprint density at radius 3 is 2.58 bits per heavy atom. The minimum Gasteiger partial charge on any atom is -0.319 e. The molecule has 0 bridgehead atoms. The number of carbonyl (C=O) groups is 1. The average molecular weight is 384 g/mol. The van der Waals surface area contributed by atoms with Crippen molar-refractivity contribution in [3.63, 3.8) is 0 Å². The van der Waals surface area contributed by atoms with Gasteiger partial charge in [0.2, 0.25) is 0 Å². The third-order valence-corrected chi connectivity index (χ3v) is 3.69. The van der Waals surface area contributed by atoms with Crippen LogP contribution in [0.4, 0.5) is 5.69 Å².